The topological polar surface area (TPSA) is 91.0 Å². The van der Waals surface area contributed by atoms with Crippen molar-refractivity contribution in [3.63, 3.8) is 0 Å². The van der Waals surface area contributed by atoms with Crippen molar-refractivity contribution in [2.24, 2.45) is 7.05 Å². The fraction of sp³-hybridized carbons (Fsp3) is 0.238. The van der Waals surface area contributed by atoms with Gasteiger partial charge < -0.3 is 9.88 Å². The summed E-state index contributed by atoms with van der Waals surface area (Å²) in [7, 11) is -2.06. The van der Waals surface area contributed by atoms with Gasteiger partial charge in [-0.05, 0) is 23.8 Å². The zero-order chi connectivity index (χ0) is 21.3. The molecule has 30 heavy (non-hydrogen) atoms. The Morgan fingerprint density at radius 1 is 1.20 bits per heavy atom. The third kappa shape index (κ3) is 3.92. The number of anilines is 1. The predicted molar refractivity (Wildman–Crippen MR) is 110 cm³/mol. The Labute approximate surface area is 174 Å². The summed E-state index contributed by atoms with van der Waals surface area (Å²) in [5, 5.41) is 12.3. The maximum absolute atomic E-state index is 13.9. The highest BCUT2D eigenvalue weighted by molar-refractivity contribution is 7.89. The largest absolute Gasteiger partial charge is 0.380 e. The fourth-order valence-electron chi connectivity index (χ4n) is 3.75. The highest BCUT2D eigenvalue weighted by Gasteiger charge is 2.41. The van der Waals surface area contributed by atoms with Crippen molar-refractivity contribution in [3.05, 3.63) is 78.0 Å². The summed E-state index contributed by atoms with van der Waals surface area (Å²) in [6.45, 7) is 0.456. The quantitative estimate of drug-likeness (QED) is 0.679. The van der Waals surface area contributed by atoms with Crippen LogP contribution >= 0.6 is 0 Å². The van der Waals surface area contributed by atoms with Gasteiger partial charge in [0.1, 0.15) is 5.82 Å². The molecule has 0 spiro atoms. The minimum atomic E-state index is -3.77. The molecule has 2 atom stereocenters. The fourth-order valence-corrected chi connectivity index (χ4v) is 5.21. The van der Waals surface area contributed by atoms with Gasteiger partial charge in [-0.2, -0.15) is 9.57 Å². The van der Waals surface area contributed by atoms with Crippen molar-refractivity contribution in [1.82, 2.24) is 13.9 Å². The standard InChI is InChI=1S/C21H20FN5O2S/c1-26-13-21(24-14-26)30(28,29)27-11-19(16-5-3-2-4-6-16)20(12-27)25-18-8-15(10-23)7-17(22)9-18/h2-9,13-14,19-20,25H,11-12H2,1H3/t19-,20+/m1/s1. The Morgan fingerprint density at radius 2 is 1.97 bits per heavy atom. The molecule has 1 aromatic heterocycles. The number of hydrogen-bond acceptors (Lipinski definition) is 5. The maximum Gasteiger partial charge on any atom is 0.262 e. The van der Waals surface area contributed by atoms with E-state index in [0.29, 0.717) is 5.69 Å². The Kier molecular flexibility index (Phi) is 5.28. The molecule has 0 bridgehead atoms. The van der Waals surface area contributed by atoms with E-state index in [2.05, 4.69) is 10.3 Å². The number of nitrogens with one attached hydrogen (secondary N) is 1. The van der Waals surface area contributed by atoms with Crippen LogP contribution in [0.25, 0.3) is 0 Å². The van der Waals surface area contributed by atoms with Crippen molar-refractivity contribution < 1.29 is 12.8 Å². The molecule has 4 rings (SSSR count). The second-order valence-corrected chi connectivity index (χ2v) is 9.19. The summed E-state index contributed by atoms with van der Waals surface area (Å²) in [6, 6.07) is 15.2. The molecule has 154 valence electrons. The lowest BCUT2D eigenvalue weighted by atomic mass is 9.94. The minimum Gasteiger partial charge on any atom is -0.380 e. The monoisotopic (exact) mass is 425 g/mol. The molecule has 1 N–H and O–H groups in total. The second-order valence-electron chi connectivity index (χ2n) is 7.31. The Hall–Kier alpha value is -3.22. The van der Waals surface area contributed by atoms with Crippen LogP contribution in [0.5, 0.6) is 0 Å². The van der Waals surface area contributed by atoms with Gasteiger partial charge >= 0.3 is 0 Å². The molecule has 7 nitrogen and oxygen atoms in total. The molecule has 1 saturated heterocycles. The van der Waals surface area contributed by atoms with E-state index < -0.39 is 15.8 Å². The van der Waals surface area contributed by atoms with E-state index in [9.17, 15) is 12.8 Å². The maximum atomic E-state index is 13.9. The minimum absolute atomic E-state index is 0.00464. The van der Waals surface area contributed by atoms with Gasteiger partial charge in [-0.3, -0.25) is 0 Å². The van der Waals surface area contributed by atoms with Crippen LogP contribution in [0, 0.1) is 17.1 Å². The van der Waals surface area contributed by atoms with Crippen LogP contribution in [0.3, 0.4) is 0 Å². The summed E-state index contributed by atoms with van der Waals surface area (Å²) in [4.78, 5) is 4.00. The van der Waals surface area contributed by atoms with Crippen LogP contribution in [-0.4, -0.2) is 41.4 Å². The van der Waals surface area contributed by atoms with E-state index in [1.54, 1.807) is 17.7 Å². The number of aromatic nitrogens is 2. The van der Waals surface area contributed by atoms with Gasteiger partial charge in [0.15, 0.2) is 5.03 Å². The zero-order valence-corrected chi connectivity index (χ0v) is 17.1. The molecule has 0 saturated carbocycles. The average molecular weight is 425 g/mol. The molecule has 2 aromatic carbocycles. The van der Waals surface area contributed by atoms with Crippen LogP contribution < -0.4 is 5.32 Å². The van der Waals surface area contributed by atoms with E-state index in [4.69, 9.17) is 5.26 Å². The predicted octanol–water partition coefficient (Wildman–Crippen LogP) is 2.70. The molecule has 0 radical (unpaired) electrons. The second kappa shape index (κ2) is 7.89. The number of nitrogens with zero attached hydrogens (tertiary/aromatic N) is 4. The number of nitriles is 1. The number of rotatable bonds is 5. The third-order valence-corrected chi connectivity index (χ3v) is 6.90. The van der Waals surface area contributed by atoms with Gasteiger partial charge in [-0.15, -0.1) is 0 Å². The van der Waals surface area contributed by atoms with Crippen molar-refractivity contribution in [2.75, 3.05) is 18.4 Å². The molecule has 1 aliphatic rings. The van der Waals surface area contributed by atoms with Gasteiger partial charge in [0, 0.05) is 44.0 Å². The zero-order valence-electron chi connectivity index (χ0n) is 16.2. The molecule has 0 unspecified atom stereocenters. The van der Waals surface area contributed by atoms with Crippen LogP contribution in [0.1, 0.15) is 17.0 Å². The first-order valence-electron chi connectivity index (χ1n) is 9.37. The van der Waals surface area contributed by atoms with Gasteiger partial charge in [0.25, 0.3) is 10.0 Å². The van der Waals surface area contributed by atoms with Crippen molar-refractivity contribution in [3.8, 4) is 6.07 Å². The first kappa shape index (κ1) is 20.1. The third-order valence-electron chi connectivity index (χ3n) is 5.18. The summed E-state index contributed by atoms with van der Waals surface area (Å²) in [5.74, 6) is -0.678. The van der Waals surface area contributed by atoms with Crippen molar-refractivity contribution in [1.29, 1.82) is 5.26 Å². The van der Waals surface area contributed by atoms with E-state index in [0.717, 1.165) is 11.6 Å². The van der Waals surface area contributed by atoms with Crippen molar-refractivity contribution in [2.45, 2.75) is 17.0 Å². The average Bonchev–Trinajstić information content (AvgIpc) is 3.35. The number of hydrogen-bond donors (Lipinski definition) is 1. The summed E-state index contributed by atoms with van der Waals surface area (Å²) in [6.07, 6.45) is 2.92. The number of imidazole rings is 1. The number of benzene rings is 2. The molecule has 0 amide bonds. The van der Waals surface area contributed by atoms with Gasteiger partial charge in [0.05, 0.1) is 18.0 Å². The number of aryl methyl sites for hydroxylation is 1. The normalized spacial score (nSPS) is 19.5. The SMILES string of the molecule is Cn1cnc(S(=O)(=O)N2C[C@H](Nc3cc(F)cc(C#N)c3)[C@@H](c3ccccc3)C2)c1. The molecule has 0 aliphatic carbocycles. The summed E-state index contributed by atoms with van der Waals surface area (Å²) in [5.41, 5.74) is 1.62. The highest BCUT2D eigenvalue weighted by atomic mass is 32.2. The van der Waals surface area contributed by atoms with Crippen LogP contribution in [0.2, 0.25) is 0 Å². The van der Waals surface area contributed by atoms with E-state index >= 15 is 0 Å². The molecule has 3 aromatic rings. The van der Waals surface area contributed by atoms with Crippen molar-refractivity contribution >= 4 is 15.7 Å². The van der Waals surface area contributed by atoms with Crippen LogP contribution in [0.15, 0.2) is 66.1 Å². The van der Waals surface area contributed by atoms with Crippen LogP contribution in [-0.2, 0) is 17.1 Å². The molecule has 2 heterocycles. The Balaban J connectivity index is 1.67. The van der Waals surface area contributed by atoms with Gasteiger partial charge in [-0.25, -0.2) is 17.8 Å². The molecule has 1 aliphatic heterocycles. The number of sulfonamides is 1. The van der Waals surface area contributed by atoms with Gasteiger partial charge in [-0.1, -0.05) is 30.3 Å². The lowest BCUT2D eigenvalue weighted by Gasteiger charge is -2.21. The van der Waals surface area contributed by atoms with E-state index in [-0.39, 0.29) is 35.6 Å². The highest BCUT2D eigenvalue weighted by Crippen LogP contribution is 2.33. The lowest BCUT2D eigenvalue weighted by Crippen LogP contribution is -2.32. The summed E-state index contributed by atoms with van der Waals surface area (Å²) >= 11 is 0. The molecule has 9 heteroatoms. The Morgan fingerprint density at radius 3 is 2.63 bits per heavy atom. The summed E-state index contributed by atoms with van der Waals surface area (Å²) < 4.78 is 43.1. The van der Waals surface area contributed by atoms with Gasteiger partial charge in [0.2, 0.25) is 0 Å². The first-order valence-corrected chi connectivity index (χ1v) is 10.8. The number of halogens is 1. The van der Waals surface area contributed by atoms with E-state index in [1.807, 2.05) is 36.4 Å². The van der Waals surface area contributed by atoms with E-state index in [1.165, 1.54) is 22.9 Å². The van der Waals surface area contributed by atoms with Crippen LogP contribution in [0.4, 0.5) is 10.1 Å². The Bertz CT molecular complexity index is 1200. The molecule has 1 fully saturated rings. The molecular formula is C21H20FN5O2S. The lowest BCUT2D eigenvalue weighted by molar-refractivity contribution is 0.468. The molecular weight excluding hydrogens is 405 g/mol. The smallest absolute Gasteiger partial charge is 0.262 e. The first-order chi connectivity index (χ1) is 14.4.